The number of carbonyl (C=O) groups is 1. The molecule has 9 heteroatoms. The van der Waals surface area contributed by atoms with Gasteiger partial charge in [-0.25, -0.2) is 4.98 Å². The molecule has 1 aromatic carbocycles. The molecule has 0 bridgehead atoms. The van der Waals surface area contributed by atoms with Crippen LogP contribution in [-0.2, 0) is 21.3 Å². The molecule has 0 amide bonds. The van der Waals surface area contributed by atoms with Crippen molar-refractivity contribution >= 4 is 22.4 Å². The number of hydrogen-bond donors (Lipinski definition) is 1. The molecule has 2 aromatic rings. The topological polar surface area (TPSA) is 74.4 Å². The number of halogens is 3. The lowest BCUT2D eigenvalue weighted by atomic mass is 9.90. The van der Waals surface area contributed by atoms with Gasteiger partial charge in [0.15, 0.2) is 5.13 Å². The molecule has 0 radical (unpaired) electrons. The average Bonchev–Trinajstić information content (AvgIpc) is 2.97. The minimum atomic E-state index is -4.47. The van der Waals surface area contributed by atoms with Crippen molar-refractivity contribution in [1.82, 2.24) is 4.98 Å². The molecule has 0 fully saturated rings. The number of ether oxygens (including phenoxy) is 2. The fourth-order valence-corrected chi connectivity index (χ4v) is 4.07. The van der Waals surface area contributed by atoms with Gasteiger partial charge >= 0.3 is 12.1 Å². The van der Waals surface area contributed by atoms with Gasteiger partial charge in [-0.2, -0.15) is 13.2 Å². The lowest BCUT2D eigenvalue weighted by Crippen LogP contribution is -2.32. The van der Waals surface area contributed by atoms with Crippen molar-refractivity contribution in [2.24, 2.45) is 0 Å². The van der Waals surface area contributed by atoms with E-state index in [1.807, 2.05) is 0 Å². The number of nitrogens with zero attached hydrogens (tertiary/aromatic N) is 1. The minimum absolute atomic E-state index is 0.112. The first-order valence-corrected chi connectivity index (χ1v) is 9.28. The third-order valence-electron chi connectivity index (χ3n) is 4.36. The van der Waals surface area contributed by atoms with Crippen molar-refractivity contribution in [1.29, 1.82) is 0 Å². The van der Waals surface area contributed by atoms with Crippen LogP contribution in [0.1, 0.15) is 43.6 Å². The van der Waals surface area contributed by atoms with Crippen molar-refractivity contribution in [3.63, 3.8) is 0 Å². The number of alkyl halides is 3. The normalized spacial score (nSPS) is 18.4. The van der Waals surface area contributed by atoms with Gasteiger partial charge in [0.2, 0.25) is 0 Å². The fourth-order valence-electron chi connectivity index (χ4n) is 3.11. The smallest absolute Gasteiger partial charge is 0.416 e. The summed E-state index contributed by atoms with van der Waals surface area (Å²) in [6.07, 6.45) is -3.40. The lowest BCUT2D eigenvalue weighted by molar-refractivity contribution is -0.143. The SMILES string of the molecule is CCOC(=O)CCCC1(C)Oc2cc(C(F)(F)F)ccc2-c2nc(N)sc21. The van der Waals surface area contributed by atoms with E-state index in [4.69, 9.17) is 15.2 Å². The summed E-state index contributed by atoms with van der Waals surface area (Å²) in [7, 11) is 0. The van der Waals surface area contributed by atoms with E-state index in [1.165, 1.54) is 17.4 Å². The third kappa shape index (κ3) is 3.87. The summed E-state index contributed by atoms with van der Waals surface area (Å²) >= 11 is 1.24. The number of carbonyl (C=O) groups excluding carboxylic acids is 1. The molecule has 1 aliphatic rings. The quantitative estimate of drug-likeness (QED) is 0.733. The maximum absolute atomic E-state index is 13.1. The second-order valence-corrected chi connectivity index (χ2v) is 7.46. The van der Waals surface area contributed by atoms with Gasteiger partial charge in [-0.05, 0) is 44.9 Å². The number of hydrogen-bond acceptors (Lipinski definition) is 6. The van der Waals surface area contributed by atoms with E-state index < -0.39 is 17.3 Å². The summed E-state index contributed by atoms with van der Waals surface area (Å²) in [5.74, 6) is -0.207. The number of rotatable bonds is 5. The highest BCUT2D eigenvalue weighted by molar-refractivity contribution is 7.16. The molecule has 5 nitrogen and oxygen atoms in total. The molecule has 3 rings (SSSR count). The molecule has 0 saturated heterocycles. The van der Waals surface area contributed by atoms with Crippen LogP contribution in [0.4, 0.5) is 18.3 Å². The second-order valence-electron chi connectivity index (χ2n) is 6.43. The number of esters is 1. The van der Waals surface area contributed by atoms with E-state index in [0.717, 1.165) is 17.0 Å². The lowest BCUT2D eigenvalue weighted by Gasteiger charge is -2.35. The summed E-state index contributed by atoms with van der Waals surface area (Å²) in [4.78, 5) is 16.6. The zero-order valence-corrected chi connectivity index (χ0v) is 15.7. The van der Waals surface area contributed by atoms with Crippen molar-refractivity contribution in [2.45, 2.75) is 44.9 Å². The maximum atomic E-state index is 13.1. The molecule has 27 heavy (non-hydrogen) atoms. The summed E-state index contributed by atoms with van der Waals surface area (Å²) in [6.45, 7) is 3.80. The molecule has 0 spiro atoms. The number of nitrogens with two attached hydrogens (primary N) is 1. The van der Waals surface area contributed by atoms with Crippen LogP contribution >= 0.6 is 11.3 Å². The molecule has 1 unspecified atom stereocenters. The van der Waals surface area contributed by atoms with Crippen LogP contribution in [0, 0.1) is 0 Å². The Bertz CT molecular complexity index is 866. The highest BCUT2D eigenvalue weighted by atomic mass is 32.1. The Hall–Kier alpha value is -2.29. The van der Waals surface area contributed by atoms with E-state index in [-0.39, 0.29) is 18.1 Å². The monoisotopic (exact) mass is 400 g/mol. The molecular formula is C18H19F3N2O3S. The molecule has 2 N–H and O–H groups in total. The van der Waals surface area contributed by atoms with E-state index in [1.54, 1.807) is 13.8 Å². The van der Waals surface area contributed by atoms with Crippen LogP contribution in [0.3, 0.4) is 0 Å². The summed E-state index contributed by atoms with van der Waals surface area (Å²) < 4.78 is 50.1. The van der Waals surface area contributed by atoms with Crippen LogP contribution in [0.15, 0.2) is 18.2 Å². The van der Waals surface area contributed by atoms with Crippen LogP contribution in [-0.4, -0.2) is 17.6 Å². The second kappa shape index (κ2) is 7.03. The van der Waals surface area contributed by atoms with Crippen molar-refractivity contribution in [3.8, 4) is 17.0 Å². The zero-order chi connectivity index (χ0) is 19.8. The number of aromatic nitrogens is 1. The Labute approximate surface area is 158 Å². The van der Waals surface area contributed by atoms with Crippen LogP contribution in [0.25, 0.3) is 11.3 Å². The molecule has 0 aliphatic carbocycles. The van der Waals surface area contributed by atoms with Gasteiger partial charge in [-0.15, -0.1) is 0 Å². The van der Waals surface area contributed by atoms with Gasteiger partial charge in [0.25, 0.3) is 0 Å². The van der Waals surface area contributed by atoms with Crippen LogP contribution in [0.2, 0.25) is 0 Å². The van der Waals surface area contributed by atoms with Crippen molar-refractivity contribution < 1.29 is 27.4 Å². The Morgan fingerprint density at radius 2 is 2.15 bits per heavy atom. The van der Waals surface area contributed by atoms with E-state index in [0.29, 0.717) is 35.8 Å². The Morgan fingerprint density at radius 1 is 1.41 bits per heavy atom. The van der Waals surface area contributed by atoms with Gasteiger partial charge in [0.05, 0.1) is 22.7 Å². The van der Waals surface area contributed by atoms with Crippen LogP contribution < -0.4 is 10.5 Å². The number of benzene rings is 1. The van der Waals surface area contributed by atoms with Crippen molar-refractivity contribution in [2.75, 3.05) is 12.3 Å². The zero-order valence-electron chi connectivity index (χ0n) is 14.9. The van der Waals surface area contributed by atoms with Gasteiger partial charge in [-0.3, -0.25) is 4.79 Å². The summed E-state index contributed by atoms with van der Waals surface area (Å²) in [5, 5.41) is 0.313. The summed E-state index contributed by atoms with van der Waals surface area (Å²) in [6, 6.07) is 3.34. The van der Waals surface area contributed by atoms with Crippen molar-refractivity contribution in [3.05, 3.63) is 28.6 Å². The first kappa shape index (κ1) is 19.5. The largest absolute Gasteiger partial charge is 0.481 e. The Kier molecular flexibility index (Phi) is 5.07. The summed E-state index contributed by atoms with van der Waals surface area (Å²) in [5.41, 5.74) is 5.15. The number of nitrogen functional groups attached to an aromatic ring is 1. The Morgan fingerprint density at radius 3 is 2.81 bits per heavy atom. The minimum Gasteiger partial charge on any atom is -0.481 e. The van der Waals surface area contributed by atoms with Gasteiger partial charge in [0, 0.05) is 12.0 Å². The maximum Gasteiger partial charge on any atom is 0.416 e. The molecule has 1 aromatic heterocycles. The number of anilines is 1. The van der Waals surface area contributed by atoms with E-state index in [2.05, 4.69) is 4.98 Å². The third-order valence-corrected chi connectivity index (χ3v) is 5.49. The predicted octanol–water partition coefficient (Wildman–Crippen LogP) is 4.75. The molecular weight excluding hydrogens is 381 g/mol. The first-order valence-electron chi connectivity index (χ1n) is 8.47. The van der Waals surface area contributed by atoms with Gasteiger partial charge in [-0.1, -0.05) is 11.3 Å². The molecule has 2 heterocycles. The molecule has 0 saturated carbocycles. The van der Waals surface area contributed by atoms with E-state index in [9.17, 15) is 18.0 Å². The molecule has 1 atom stereocenters. The average molecular weight is 400 g/mol. The van der Waals surface area contributed by atoms with E-state index >= 15 is 0 Å². The Balaban J connectivity index is 1.93. The van der Waals surface area contributed by atoms with Crippen LogP contribution in [0.5, 0.6) is 5.75 Å². The predicted molar refractivity (Wildman–Crippen MR) is 95.4 cm³/mol. The molecule has 146 valence electrons. The number of fused-ring (bicyclic) bond motifs is 3. The first-order chi connectivity index (χ1) is 12.6. The fraction of sp³-hybridized carbons (Fsp3) is 0.444. The highest BCUT2D eigenvalue weighted by Gasteiger charge is 2.41. The standard InChI is InChI=1S/C18H19F3N2O3S/c1-3-25-13(24)5-4-8-17(2)15-14(23-16(22)27-15)11-7-6-10(18(19,20)21)9-12(11)26-17/h6-7,9H,3-5,8H2,1-2H3,(H2,22,23). The number of thiazole rings is 1. The van der Waals surface area contributed by atoms with Gasteiger partial charge < -0.3 is 15.2 Å². The highest BCUT2D eigenvalue weighted by Crippen LogP contribution is 2.51. The van der Waals surface area contributed by atoms with Gasteiger partial charge in [0.1, 0.15) is 11.4 Å². The molecule has 1 aliphatic heterocycles.